The summed E-state index contributed by atoms with van der Waals surface area (Å²) in [6, 6.07) is 3.27. The normalized spacial score (nSPS) is 15.0. The lowest BCUT2D eigenvalue weighted by Crippen LogP contribution is -2.40. The van der Waals surface area contributed by atoms with Crippen molar-refractivity contribution in [3.63, 3.8) is 0 Å². The van der Waals surface area contributed by atoms with Gasteiger partial charge in [-0.25, -0.2) is 0 Å². The number of carbonyl (C=O) groups is 2. The molecule has 0 heterocycles. The van der Waals surface area contributed by atoms with E-state index in [0.717, 1.165) is 0 Å². The largest absolute Gasteiger partial charge is 0.504 e. The van der Waals surface area contributed by atoms with E-state index in [1.54, 1.807) is 33.8 Å². The smallest absolute Gasteiger partial charge is 0.323 e. The van der Waals surface area contributed by atoms with E-state index in [2.05, 4.69) is 0 Å². The summed E-state index contributed by atoms with van der Waals surface area (Å²) in [6.45, 7) is 8.78. The summed E-state index contributed by atoms with van der Waals surface area (Å²) in [6.07, 6.45) is -0.492. The van der Waals surface area contributed by atoms with Gasteiger partial charge in [-0.15, -0.1) is 0 Å². The summed E-state index contributed by atoms with van der Waals surface area (Å²) >= 11 is 0. The van der Waals surface area contributed by atoms with Crippen molar-refractivity contribution in [1.82, 2.24) is 0 Å². The van der Waals surface area contributed by atoms with E-state index in [-0.39, 0.29) is 23.9 Å². The van der Waals surface area contributed by atoms with Crippen molar-refractivity contribution in [2.45, 2.75) is 65.7 Å². The zero-order valence-corrected chi connectivity index (χ0v) is 16.0. The van der Waals surface area contributed by atoms with Gasteiger partial charge in [-0.05, 0) is 58.2 Å². The van der Waals surface area contributed by atoms with Crippen molar-refractivity contribution in [2.75, 3.05) is 0 Å². The van der Waals surface area contributed by atoms with Crippen LogP contribution >= 0.6 is 0 Å². The van der Waals surface area contributed by atoms with Crippen LogP contribution in [0.2, 0.25) is 0 Å². The number of esters is 2. The predicted octanol–water partition coefficient (Wildman–Crippen LogP) is 2.27. The Morgan fingerprint density at radius 2 is 1.69 bits per heavy atom. The molecule has 7 nitrogen and oxygen atoms in total. The lowest BCUT2D eigenvalue weighted by atomic mass is 9.90. The molecule has 0 aliphatic heterocycles. The first-order chi connectivity index (χ1) is 12.0. The lowest BCUT2D eigenvalue weighted by molar-refractivity contribution is -0.172. The second kappa shape index (κ2) is 8.89. The van der Waals surface area contributed by atoms with E-state index < -0.39 is 29.6 Å². The molecule has 0 bridgehead atoms. The van der Waals surface area contributed by atoms with Crippen LogP contribution in [-0.2, 0) is 25.5 Å². The van der Waals surface area contributed by atoms with Gasteiger partial charge in [0.15, 0.2) is 11.5 Å². The van der Waals surface area contributed by atoms with Gasteiger partial charge in [-0.2, -0.15) is 0 Å². The molecule has 4 N–H and O–H groups in total. The Morgan fingerprint density at radius 3 is 2.23 bits per heavy atom. The third kappa shape index (κ3) is 5.91. The third-order valence-electron chi connectivity index (χ3n) is 4.49. The molecule has 0 amide bonds. The molecule has 26 heavy (non-hydrogen) atoms. The van der Waals surface area contributed by atoms with Gasteiger partial charge in [-0.1, -0.05) is 13.0 Å². The van der Waals surface area contributed by atoms with Crippen molar-refractivity contribution >= 4 is 11.9 Å². The minimum atomic E-state index is -0.948. The van der Waals surface area contributed by atoms with Gasteiger partial charge in [0.2, 0.25) is 0 Å². The molecule has 146 valence electrons. The summed E-state index contributed by atoms with van der Waals surface area (Å²) in [7, 11) is 0. The highest BCUT2D eigenvalue weighted by atomic mass is 16.6. The van der Waals surface area contributed by atoms with Gasteiger partial charge >= 0.3 is 11.9 Å². The van der Waals surface area contributed by atoms with Crippen molar-refractivity contribution in [3.8, 4) is 11.5 Å². The van der Waals surface area contributed by atoms with Gasteiger partial charge in [-0.3, -0.25) is 9.59 Å². The van der Waals surface area contributed by atoms with Crippen molar-refractivity contribution in [3.05, 3.63) is 23.8 Å². The molecule has 0 unspecified atom stereocenters. The van der Waals surface area contributed by atoms with Gasteiger partial charge < -0.3 is 25.4 Å². The Balaban J connectivity index is 2.59. The van der Waals surface area contributed by atoms with Crippen LogP contribution in [0, 0.1) is 5.41 Å². The number of carbonyl (C=O) groups excluding carboxylic acids is 2. The highest BCUT2D eigenvalue weighted by molar-refractivity contribution is 5.77. The van der Waals surface area contributed by atoms with Crippen LogP contribution in [0.25, 0.3) is 0 Å². The molecule has 1 aromatic carbocycles. The number of phenolic OH excluding ortho intramolecular Hbond substituents is 2. The highest BCUT2D eigenvalue weighted by Crippen LogP contribution is 2.25. The molecule has 0 saturated carbocycles. The average Bonchev–Trinajstić information content (AvgIpc) is 2.57. The van der Waals surface area contributed by atoms with Crippen molar-refractivity contribution in [2.24, 2.45) is 11.1 Å². The Morgan fingerprint density at radius 1 is 1.12 bits per heavy atom. The Bertz CT molecular complexity index is 643. The van der Waals surface area contributed by atoms with Crippen LogP contribution in [0.1, 0.15) is 46.6 Å². The van der Waals surface area contributed by atoms with E-state index in [0.29, 0.717) is 12.0 Å². The molecule has 1 rings (SSSR count). The van der Waals surface area contributed by atoms with Crippen LogP contribution in [-0.4, -0.2) is 40.4 Å². The number of hydrogen-bond acceptors (Lipinski definition) is 7. The highest BCUT2D eigenvalue weighted by Gasteiger charge is 2.31. The zero-order valence-electron chi connectivity index (χ0n) is 16.0. The first-order valence-electron chi connectivity index (χ1n) is 8.66. The van der Waals surface area contributed by atoms with E-state index >= 15 is 0 Å². The summed E-state index contributed by atoms with van der Waals surface area (Å²) in [5, 5.41) is 18.8. The third-order valence-corrected chi connectivity index (χ3v) is 4.49. The van der Waals surface area contributed by atoms with Gasteiger partial charge in [0, 0.05) is 0 Å². The van der Waals surface area contributed by atoms with E-state index in [9.17, 15) is 19.8 Å². The summed E-state index contributed by atoms with van der Waals surface area (Å²) in [4.78, 5) is 24.3. The predicted molar refractivity (Wildman–Crippen MR) is 96.6 cm³/mol. The first-order valence-corrected chi connectivity index (χ1v) is 8.66. The van der Waals surface area contributed by atoms with Crippen molar-refractivity contribution < 1.29 is 29.3 Å². The topological polar surface area (TPSA) is 119 Å². The van der Waals surface area contributed by atoms with E-state index in [1.165, 1.54) is 12.1 Å². The Labute approximate surface area is 154 Å². The summed E-state index contributed by atoms with van der Waals surface area (Å²) < 4.78 is 10.7. The fraction of sp³-hybridized carbons (Fsp3) is 0.579. The monoisotopic (exact) mass is 367 g/mol. The number of benzene rings is 1. The second-order valence-corrected chi connectivity index (χ2v) is 7.12. The Hall–Kier alpha value is -2.28. The Kier molecular flexibility index (Phi) is 7.44. The maximum Gasteiger partial charge on any atom is 0.323 e. The molecule has 3 atom stereocenters. The number of ether oxygens (including phenoxy) is 2. The molecule has 7 heteroatoms. The number of nitrogens with two attached hydrogens (primary N) is 1. The molecular weight excluding hydrogens is 338 g/mol. The second-order valence-electron chi connectivity index (χ2n) is 7.12. The van der Waals surface area contributed by atoms with E-state index in [4.69, 9.17) is 15.2 Å². The fourth-order valence-electron chi connectivity index (χ4n) is 1.97. The summed E-state index contributed by atoms with van der Waals surface area (Å²) in [5.74, 6) is -1.51. The molecule has 0 aliphatic rings. The fourth-order valence-corrected chi connectivity index (χ4v) is 1.97. The molecule has 0 saturated heterocycles. The average molecular weight is 367 g/mol. The molecular formula is C19H29NO6. The van der Waals surface area contributed by atoms with Crippen LogP contribution in [0.15, 0.2) is 18.2 Å². The summed E-state index contributed by atoms with van der Waals surface area (Å²) in [5.41, 5.74) is 5.83. The quantitative estimate of drug-likeness (QED) is 0.476. The standard InChI is InChI=1S/C19H29NO6/c1-6-19(4,5)18(24)26-12(3)11(2)25-17(23)14(20)9-13-7-8-15(21)16(22)10-13/h7-8,10-12,14,21-22H,6,9,20H2,1-5H3/t11-,12+,14+/m1/s1. The van der Waals surface area contributed by atoms with Gasteiger partial charge in [0.05, 0.1) is 5.41 Å². The first kappa shape index (κ1) is 21.8. The van der Waals surface area contributed by atoms with Crippen LogP contribution in [0.5, 0.6) is 11.5 Å². The maximum atomic E-state index is 12.2. The molecule has 0 fully saturated rings. The minimum absolute atomic E-state index is 0.135. The van der Waals surface area contributed by atoms with Gasteiger partial charge in [0.25, 0.3) is 0 Å². The number of phenols is 2. The molecule has 0 spiro atoms. The minimum Gasteiger partial charge on any atom is -0.504 e. The molecule has 0 radical (unpaired) electrons. The number of aromatic hydroxyl groups is 2. The molecule has 1 aromatic rings. The zero-order chi connectivity index (χ0) is 20.1. The van der Waals surface area contributed by atoms with Crippen LogP contribution in [0.4, 0.5) is 0 Å². The van der Waals surface area contributed by atoms with Crippen molar-refractivity contribution in [1.29, 1.82) is 0 Å². The maximum absolute atomic E-state index is 12.2. The number of rotatable bonds is 8. The van der Waals surface area contributed by atoms with Crippen LogP contribution in [0.3, 0.4) is 0 Å². The van der Waals surface area contributed by atoms with Crippen LogP contribution < -0.4 is 5.73 Å². The lowest BCUT2D eigenvalue weighted by Gasteiger charge is -2.27. The van der Waals surface area contributed by atoms with Gasteiger partial charge in [0.1, 0.15) is 18.2 Å². The SMILES string of the molecule is CCC(C)(C)C(=O)O[C@@H](C)[C@@H](C)OC(=O)[C@@H](N)Cc1ccc(O)c(O)c1. The number of hydrogen-bond donors (Lipinski definition) is 3. The van der Waals surface area contributed by atoms with E-state index in [1.807, 2.05) is 6.92 Å². The molecule has 0 aliphatic carbocycles. The molecule has 0 aromatic heterocycles.